The monoisotopic (exact) mass is 552 g/mol. The quantitative estimate of drug-likeness (QED) is 0.562. The minimum Gasteiger partial charge on any atom is -0.339 e. The van der Waals surface area contributed by atoms with Gasteiger partial charge in [0.1, 0.15) is 0 Å². The number of aryl methyl sites for hydroxylation is 2. The third-order valence-corrected chi connectivity index (χ3v) is 8.78. The zero-order chi connectivity index (χ0) is 29.0. The molecule has 40 heavy (non-hydrogen) atoms. The summed E-state index contributed by atoms with van der Waals surface area (Å²) < 4.78 is 2.77. The molecule has 0 bridgehead atoms. The number of carbonyl (C=O) groups is 2. The van der Waals surface area contributed by atoms with Crippen LogP contribution in [0.15, 0.2) is 27.8 Å². The van der Waals surface area contributed by atoms with Gasteiger partial charge in [-0.1, -0.05) is 50.7 Å². The maximum absolute atomic E-state index is 12.5. The zero-order valence-electron chi connectivity index (χ0n) is 25.2. The molecular formula is C32H48N4O4. The van der Waals surface area contributed by atoms with Gasteiger partial charge in [-0.05, 0) is 64.5 Å². The molecular weight excluding hydrogens is 504 g/mol. The lowest BCUT2D eigenvalue weighted by molar-refractivity contribution is -0.146. The Balaban J connectivity index is 0.000000165. The number of nitrogens with zero attached hydrogens (tertiary/aromatic N) is 4. The lowest BCUT2D eigenvalue weighted by Crippen LogP contribution is -2.56. The van der Waals surface area contributed by atoms with Gasteiger partial charge >= 0.3 is 5.69 Å². The summed E-state index contributed by atoms with van der Waals surface area (Å²) in [5.74, 6) is 2.29. The Morgan fingerprint density at radius 1 is 0.875 bits per heavy atom. The van der Waals surface area contributed by atoms with Crippen LogP contribution < -0.4 is 11.2 Å². The lowest BCUT2D eigenvalue weighted by Gasteiger charge is -2.41. The van der Waals surface area contributed by atoms with Crippen LogP contribution in [0.3, 0.4) is 0 Å². The third-order valence-electron chi connectivity index (χ3n) is 8.78. The third kappa shape index (κ3) is 7.24. The standard InChI is InChI=1S/C16H26N2O2.C12H14N2O2.C4H8/c1-12-11-17(15(19)13-5-3-2-4-6-13)9-10-18(12)16(20)14-7-8-14;1-4-14-10-6-5-8(2)7-9(10)11(15)13(3)12(14)16;1-4-2-3-4/h12-14H,2-11H2,1H3;5-7H,4H2,1-3H3;4H,2-3H2,1H3. The molecule has 1 aliphatic heterocycles. The summed E-state index contributed by atoms with van der Waals surface area (Å²) in [6.45, 7) is 10.9. The minimum absolute atomic E-state index is 0.185. The maximum Gasteiger partial charge on any atom is 0.331 e. The topological polar surface area (TPSA) is 84.6 Å². The first kappa shape index (κ1) is 30.1. The molecule has 1 unspecified atom stereocenters. The van der Waals surface area contributed by atoms with Gasteiger partial charge in [0.15, 0.2) is 0 Å². The van der Waals surface area contributed by atoms with Gasteiger partial charge in [0.2, 0.25) is 11.8 Å². The largest absolute Gasteiger partial charge is 0.339 e. The highest BCUT2D eigenvalue weighted by atomic mass is 16.2. The van der Waals surface area contributed by atoms with Crippen molar-refractivity contribution in [3.63, 3.8) is 0 Å². The molecule has 4 aliphatic rings. The van der Waals surface area contributed by atoms with Crippen LogP contribution in [0.4, 0.5) is 0 Å². The second-order valence-corrected chi connectivity index (χ2v) is 12.4. The highest BCUT2D eigenvalue weighted by Gasteiger charge is 2.38. The van der Waals surface area contributed by atoms with E-state index >= 15 is 0 Å². The molecule has 2 heterocycles. The summed E-state index contributed by atoms with van der Waals surface area (Å²) in [6, 6.07) is 5.75. The molecule has 0 radical (unpaired) electrons. The number of amides is 2. The fraction of sp³-hybridized carbons (Fsp3) is 0.688. The number of hydrogen-bond acceptors (Lipinski definition) is 4. The SMILES string of the molecule is CC1CC1.CC1CN(C(=O)C2CCCCC2)CCN1C(=O)C1CC1.CCn1c(=O)n(C)c(=O)c2cc(C)ccc21. The number of piperazine rings is 1. The summed E-state index contributed by atoms with van der Waals surface area (Å²) in [7, 11) is 1.51. The Kier molecular flexibility index (Phi) is 9.90. The van der Waals surface area contributed by atoms with Crippen LogP contribution in [0.5, 0.6) is 0 Å². The number of rotatable bonds is 3. The number of aromatic nitrogens is 2. The van der Waals surface area contributed by atoms with Crippen LogP contribution in [-0.4, -0.2) is 56.4 Å². The van der Waals surface area contributed by atoms with Gasteiger partial charge in [-0.2, -0.15) is 0 Å². The van der Waals surface area contributed by atoms with E-state index in [1.807, 2.05) is 41.8 Å². The fourth-order valence-corrected chi connectivity index (χ4v) is 5.74. The molecule has 2 aromatic rings. The van der Waals surface area contributed by atoms with Crippen molar-refractivity contribution in [2.75, 3.05) is 19.6 Å². The lowest BCUT2D eigenvalue weighted by atomic mass is 9.88. The average molecular weight is 553 g/mol. The fourth-order valence-electron chi connectivity index (χ4n) is 5.74. The molecule has 8 nitrogen and oxygen atoms in total. The summed E-state index contributed by atoms with van der Waals surface area (Å²) >= 11 is 0. The van der Waals surface area contributed by atoms with E-state index in [-0.39, 0.29) is 29.1 Å². The first-order valence-corrected chi connectivity index (χ1v) is 15.4. The number of hydrogen-bond donors (Lipinski definition) is 0. The summed E-state index contributed by atoms with van der Waals surface area (Å²) in [4.78, 5) is 52.5. The first-order chi connectivity index (χ1) is 19.1. The van der Waals surface area contributed by atoms with E-state index < -0.39 is 0 Å². The summed E-state index contributed by atoms with van der Waals surface area (Å²) in [6.07, 6.45) is 10.9. The minimum atomic E-state index is -0.260. The Morgan fingerprint density at radius 3 is 2.05 bits per heavy atom. The highest BCUT2D eigenvalue weighted by Crippen LogP contribution is 2.33. The molecule has 3 saturated carbocycles. The Morgan fingerprint density at radius 2 is 1.50 bits per heavy atom. The van der Waals surface area contributed by atoms with E-state index in [0.717, 1.165) is 61.4 Å². The van der Waals surface area contributed by atoms with E-state index in [2.05, 4.69) is 13.8 Å². The average Bonchev–Trinajstić information content (AvgIpc) is 3.90. The van der Waals surface area contributed by atoms with Gasteiger partial charge in [-0.25, -0.2) is 4.79 Å². The predicted octanol–water partition coefficient (Wildman–Crippen LogP) is 4.48. The van der Waals surface area contributed by atoms with Crippen LogP contribution in [0, 0.1) is 24.7 Å². The molecule has 0 N–H and O–H groups in total. The summed E-state index contributed by atoms with van der Waals surface area (Å²) in [5, 5.41) is 0.601. The van der Waals surface area contributed by atoms with Crippen LogP contribution in [0.25, 0.3) is 10.9 Å². The van der Waals surface area contributed by atoms with Crippen molar-refractivity contribution in [2.45, 2.75) is 98.1 Å². The van der Waals surface area contributed by atoms with Crippen molar-refractivity contribution < 1.29 is 9.59 Å². The van der Waals surface area contributed by atoms with E-state index in [0.29, 0.717) is 29.3 Å². The van der Waals surface area contributed by atoms with Crippen LogP contribution >= 0.6 is 0 Å². The van der Waals surface area contributed by atoms with Crippen LogP contribution in [0.1, 0.15) is 84.1 Å². The molecule has 1 aromatic heterocycles. The number of benzene rings is 1. The van der Waals surface area contributed by atoms with Crippen molar-refractivity contribution in [1.29, 1.82) is 0 Å². The smallest absolute Gasteiger partial charge is 0.331 e. The van der Waals surface area contributed by atoms with Gasteiger partial charge in [0.25, 0.3) is 5.56 Å². The number of carbonyl (C=O) groups excluding carboxylic acids is 2. The molecule has 1 aromatic carbocycles. The molecule has 1 atom stereocenters. The second-order valence-electron chi connectivity index (χ2n) is 12.4. The van der Waals surface area contributed by atoms with E-state index in [1.165, 1.54) is 39.2 Å². The van der Waals surface area contributed by atoms with E-state index in [1.54, 1.807) is 4.57 Å². The van der Waals surface area contributed by atoms with Crippen molar-refractivity contribution in [3.8, 4) is 0 Å². The molecule has 2 amide bonds. The van der Waals surface area contributed by atoms with Crippen molar-refractivity contribution in [2.24, 2.45) is 24.8 Å². The van der Waals surface area contributed by atoms with Crippen molar-refractivity contribution >= 4 is 22.7 Å². The first-order valence-electron chi connectivity index (χ1n) is 15.4. The number of fused-ring (bicyclic) bond motifs is 1. The molecule has 220 valence electrons. The molecule has 3 aliphatic carbocycles. The zero-order valence-corrected chi connectivity index (χ0v) is 25.2. The second kappa shape index (κ2) is 13.2. The van der Waals surface area contributed by atoms with Gasteiger partial charge < -0.3 is 9.80 Å². The van der Waals surface area contributed by atoms with Gasteiger partial charge in [0, 0.05) is 51.1 Å². The van der Waals surface area contributed by atoms with Crippen LogP contribution in [-0.2, 0) is 23.2 Å². The van der Waals surface area contributed by atoms with E-state index in [9.17, 15) is 19.2 Å². The van der Waals surface area contributed by atoms with Gasteiger partial charge in [0.05, 0.1) is 10.9 Å². The van der Waals surface area contributed by atoms with Gasteiger partial charge in [-0.3, -0.25) is 23.5 Å². The Hall–Kier alpha value is -2.90. The highest BCUT2D eigenvalue weighted by molar-refractivity contribution is 5.83. The van der Waals surface area contributed by atoms with Gasteiger partial charge in [-0.15, -0.1) is 0 Å². The molecule has 8 heteroatoms. The normalized spacial score (nSPS) is 21.3. The van der Waals surface area contributed by atoms with Crippen LogP contribution in [0.2, 0.25) is 0 Å². The van der Waals surface area contributed by atoms with Crippen molar-refractivity contribution in [1.82, 2.24) is 18.9 Å². The molecule has 6 rings (SSSR count). The maximum atomic E-state index is 12.5. The van der Waals surface area contributed by atoms with E-state index in [4.69, 9.17) is 0 Å². The van der Waals surface area contributed by atoms with Crippen molar-refractivity contribution in [3.05, 3.63) is 44.6 Å². The predicted molar refractivity (Wildman–Crippen MR) is 159 cm³/mol. The molecule has 4 fully saturated rings. The molecule has 1 saturated heterocycles. The molecule has 0 spiro atoms. The Bertz CT molecular complexity index is 1310. The summed E-state index contributed by atoms with van der Waals surface area (Å²) in [5.41, 5.74) is 1.24. The Labute approximate surface area is 238 Å².